The molecule has 0 fully saturated rings. The zero-order valence-corrected chi connectivity index (χ0v) is 8.03. The van der Waals surface area contributed by atoms with Crippen LogP contribution in [0.2, 0.25) is 0 Å². The van der Waals surface area contributed by atoms with E-state index in [1.807, 2.05) is 18.2 Å². The summed E-state index contributed by atoms with van der Waals surface area (Å²) in [6.45, 7) is 7.58. The second kappa shape index (κ2) is 3.51. The molecule has 0 heteroatoms. The van der Waals surface area contributed by atoms with E-state index in [0.717, 1.165) is 5.56 Å². The Morgan fingerprint density at radius 1 is 0.929 bits per heavy atom. The van der Waals surface area contributed by atoms with Gasteiger partial charge in [-0.25, -0.2) is 0 Å². The first-order valence-electron chi connectivity index (χ1n) is 4.63. The third kappa shape index (κ3) is 1.35. The molecule has 0 N–H and O–H groups in total. The molecular formula is C14H12. The summed E-state index contributed by atoms with van der Waals surface area (Å²) in [5, 5.41) is 2.48. The minimum Gasteiger partial charge on any atom is -0.0985 e. The molecule has 0 aromatic heterocycles. The van der Waals surface area contributed by atoms with E-state index in [1.54, 1.807) is 0 Å². The van der Waals surface area contributed by atoms with E-state index in [-0.39, 0.29) is 0 Å². The summed E-state index contributed by atoms with van der Waals surface area (Å²) < 4.78 is 0. The van der Waals surface area contributed by atoms with Crippen LogP contribution in [0, 0.1) is 0 Å². The van der Waals surface area contributed by atoms with Gasteiger partial charge in [-0.05, 0) is 28.0 Å². The quantitative estimate of drug-likeness (QED) is 0.652. The first-order chi connectivity index (χ1) is 6.85. The Hall–Kier alpha value is -1.82. The molecule has 14 heavy (non-hydrogen) atoms. The van der Waals surface area contributed by atoms with Crippen LogP contribution >= 0.6 is 0 Å². The number of benzene rings is 2. The standard InChI is InChI=1S/C14H12/c1-3-11-8-9-13-7-5-6-12(4-2)14(13)10-11/h3-10H,1-2H2. The SMILES string of the molecule is C=Cc1ccc2cccc(C=C)c2c1. The van der Waals surface area contributed by atoms with Gasteiger partial charge in [0.25, 0.3) is 0 Å². The van der Waals surface area contributed by atoms with Crippen LogP contribution in [0.25, 0.3) is 22.9 Å². The van der Waals surface area contributed by atoms with Crippen LogP contribution < -0.4 is 0 Å². The normalized spacial score (nSPS) is 10.0. The van der Waals surface area contributed by atoms with Crippen LogP contribution in [0.3, 0.4) is 0 Å². The van der Waals surface area contributed by atoms with E-state index in [1.165, 1.54) is 16.3 Å². The Bertz CT molecular complexity index is 492. The fourth-order valence-corrected chi connectivity index (χ4v) is 1.62. The van der Waals surface area contributed by atoms with Gasteiger partial charge in [-0.1, -0.05) is 55.6 Å². The molecule has 0 nitrogen and oxygen atoms in total. The summed E-state index contributed by atoms with van der Waals surface area (Å²) in [6, 6.07) is 12.5. The summed E-state index contributed by atoms with van der Waals surface area (Å²) >= 11 is 0. The molecule has 0 aliphatic rings. The van der Waals surface area contributed by atoms with E-state index in [4.69, 9.17) is 0 Å². The summed E-state index contributed by atoms with van der Waals surface area (Å²) in [5.41, 5.74) is 2.32. The minimum absolute atomic E-state index is 1.15. The molecule has 0 amide bonds. The van der Waals surface area contributed by atoms with Crippen molar-refractivity contribution >= 4 is 22.9 Å². The topological polar surface area (TPSA) is 0 Å². The second-order valence-electron chi connectivity index (χ2n) is 3.24. The maximum Gasteiger partial charge on any atom is -0.0106 e. The van der Waals surface area contributed by atoms with Gasteiger partial charge in [0.2, 0.25) is 0 Å². The largest absolute Gasteiger partial charge is 0.0985 e. The third-order valence-corrected chi connectivity index (χ3v) is 2.40. The third-order valence-electron chi connectivity index (χ3n) is 2.40. The monoisotopic (exact) mass is 180 g/mol. The molecular weight excluding hydrogens is 168 g/mol. The Kier molecular flexibility index (Phi) is 2.19. The van der Waals surface area contributed by atoms with E-state index in [0.29, 0.717) is 0 Å². The number of hydrogen-bond acceptors (Lipinski definition) is 0. The highest BCUT2D eigenvalue weighted by Crippen LogP contribution is 2.21. The fraction of sp³-hybridized carbons (Fsp3) is 0. The van der Waals surface area contributed by atoms with Crippen molar-refractivity contribution in [3.63, 3.8) is 0 Å². The van der Waals surface area contributed by atoms with Crippen LogP contribution in [-0.4, -0.2) is 0 Å². The highest BCUT2D eigenvalue weighted by atomic mass is 14.0. The van der Waals surface area contributed by atoms with Gasteiger partial charge in [-0.3, -0.25) is 0 Å². The van der Waals surface area contributed by atoms with E-state index >= 15 is 0 Å². The van der Waals surface area contributed by atoms with Gasteiger partial charge in [0.15, 0.2) is 0 Å². The molecule has 2 aromatic rings. The molecule has 0 saturated heterocycles. The number of hydrogen-bond donors (Lipinski definition) is 0. The van der Waals surface area contributed by atoms with Gasteiger partial charge in [0.05, 0.1) is 0 Å². The lowest BCUT2D eigenvalue weighted by molar-refractivity contribution is 1.69. The van der Waals surface area contributed by atoms with E-state index in [9.17, 15) is 0 Å². The van der Waals surface area contributed by atoms with Crippen LogP contribution in [0.15, 0.2) is 49.6 Å². The van der Waals surface area contributed by atoms with Crippen LogP contribution in [0.1, 0.15) is 11.1 Å². The smallest absolute Gasteiger partial charge is 0.0106 e. The van der Waals surface area contributed by atoms with Gasteiger partial charge < -0.3 is 0 Å². The van der Waals surface area contributed by atoms with E-state index in [2.05, 4.69) is 43.5 Å². The van der Waals surface area contributed by atoms with Crippen LogP contribution in [0.5, 0.6) is 0 Å². The number of fused-ring (bicyclic) bond motifs is 1. The highest BCUT2D eigenvalue weighted by Gasteiger charge is 1.97. The van der Waals surface area contributed by atoms with Crippen LogP contribution in [0.4, 0.5) is 0 Å². The first-order valence-corrected chi connectivity index (χ1v) is 4.63. The van der Waals surface area contributed by atoms with Crippen molar-refractivity contribution in [2.75, 3.05) is 0 Å². The zero-order chi connectivity index (χ0) is 9.97. The summed E-state index contributed by atoms with van der Waals surface area (Å²) in [4.78, 5) is 0. The summed E-state index contributed by atoms with van der Waals surface area (Å²) in [7, 11) is 0. The van der Waals surface area contributed by atoms with Crippen molar-refractivity contribution in [1.29, 1.82) is 0 Å². The Balaban J connectivity index is 2.82. The van der Waals surface area contributed by atoms with Crippen LogP contribution in [-0.2, 0) is 0 Å². The Morgan fingerprint density at radius 2 is 1.79 bits per heavy atom. The second-order valence-corrected chi connectivity index (χ2v) is 3.24. The summed E-state index contributed by atoms with van der Waals surface area (Å²) in [6.07, 6.45) is 3.74. The van der Waals surface area contributed by atoms with Crippen molar-refractivity contribution in [2.24, 2.45) is 0 Å². The Labute approximate surface area is 84.2 Å². The van der Waals surface area contributed by atoms with Crippen molar-refractivity contribution in [3.05, 3.63) is 60.7 Å². The van der Waals surface area contributed by atoms with Crippen molar-refractivity contribution < 1.29 is 0 Å². The minimum atomic E-state index is 1.15. The Morgan fingerprint density at radius 3 is 2.50 bits per heavy atom. The lowest BCUT2D eigenvalue weighted by Crippen LogP contribution is -1.79. The van der Waals surface area contributed by atoms with Crippen molar-refractivity contribution in [2.45, 2.75) is 0 Å². The molecule has 0 atom stereocenters. The average Bonchev–Trinajstić information content (AvgIpc) is 2.27. The predicted octanol–water partition coefficient (Wildman–Crippen LogP) is 4.13. The average molecular weight is 180 g/mol. The molecule has 2 aromatic carbocycles. The molecule has 0 bridgehead atoms. The van der Waals surface area contributed by atoms with Gasteiger partial charge in [-0.2, -0.15) is 0 Å². The molecule has 0 aliphatic carbocycles. The van der Waals surface area contributed by atoms with Gasteiger partial charge in [-0.15, -0.1) is 0 Å². The molecule has 0 aliphatic heterocycles. The lowest BCUT2D eigenvalue weighted by atomic mass is 10.0. The molecule has 0 unspecified atom stereocenters. The maximum absolute atomic E-state index is 3.81. The molecule has 0 heterocycles. The summed E-state index contributed by atoms with van der Waals surface area (Å²) in [5.74, 6) is 0. The number of rotatable bonds is 2. The maximum atomic E-state index is 3.81. The molecule has 0 saturated carbocycles. The van der Waals surface area contributed by atoms with Gasteiger partial charge >= 0.3 is 0 Å². The molecule has 0 spiro atoms. The lowest BCUT2D eigenvalue weighted by Gasteiger charge is -2.03. The van der Waals surface area contributed by atoms with E-state index < -0.39 is 0 Å². The molecule has 68 valence electrons. The highest BCUT2D eigenvalue weighted by molar-refractivity contribution is 5.91. The van der Waals surface area contributed by atoms with Gasteiger partial charge in [0, 0.05) is 0 Å². The van der Waals surface area contributed by atoms with Crippen molar-refractivity contribution in [3.8, 4) is 0 Å². The van der Waals surface area contributed by atoms with Crippen molar-refractivity contribution in [1.82, 2.24) is 0 Å². The fourth-order valence-electron chi connectivity index (χ4n) is 1.62. The predicted molar refractivity (Wildman–Crippen MR) is 64.1 cm³/mol. The molecule has 2 rings (SSSR count). The molecule has 0 radical (unpaired) electrons. The zero-order valence-electron chi connectivity index (χ0n) is 8.03. The van der Waals surface area contributed by atoms with Gasteiger partial charge in [0.1, 0.15) is 0 Å². The first kappa shape index (κ1) is 8.76.